The number of rotatable bonds is 13. The smallest absolute Gasteiger partial charge is 0.744 e. The third-order valence-corrected chi connectivity index (χ3v) is 10.9. The quantitative estimate of drug-likeness (QED) is 0.0415. The van der Waals surface area contributed by atoms with Gasteiger partial charge < -0.3 is 29.1 Å². The SMILES string of the molecule is C=C(N=Nc1c(S(=O)(=O)[O-])cc(/C=C/S(=O)(=O)[O-])c(C(=C)C)c1O)/C(C)=C\C(=C)c1ccc(N=Nc2cc3c(N)cc(S(=O)(=O)[O-])cc3cc2S(=O)(=O)[O-])c(C)c1.[Na+].[Na+].[Na+].[Na+]. The molecule has 0 aromatic heterocycles. The molecule has 0 aliphatic carbocycles. The van der Waals surface area contributed by atoms with Crippen LogP contribution in [0.3, 0.4) is 0 Å². The number of hydrogen-bond donors (Lipinski definition) is 2. The zero-order valence-corrected chi connectivity index (χ0v) is 45.1. The monoisotopic (exact) mass is 947 g/mol. The Hall–Kier alpha value is -1.72. The number of allylic oxidation sites excluding steroid dienone is 4. The van der Waals surface area contributed by atoms with Crippen LogP contribution in [0.5, 0.6) is 5.75 Å². The molecule has 0 bridgehead atoms. The standard InChI is InChI=1S/C35H33N5O13S4.4Na/c1-18(2)33-24(9-10-54(42,43)44)14-32(57(51,52)53)34(35(33)41)40-37-22(6)19(3)11-20(4)23-7-8-29(21(5)12-23)38-39-30-17-27-25(15-31(30)56(48,49)50)13-26(16-28(27)36)55(45,46)47;;;;/h7-17,41H,1,4,6,36H2,2-3,5H3,(H,42,43,44)(H,45,46,47)(H,48,49,50)(H,51,52,53);;;;/q;4*+1/p-4/b10-9+,19-11-,39-38?,40-37?;;;;. The second-order valence-electron chi connectivity index (χ2n) is 12.2. The van der Waals surface area contributed by atoms with Gasteiger partial charge in [0.25, 0.3) is 0 Å². The molecule has 0 heterocycles. The van der Waals surface area contributed by atoms with Crippen LogP contribution in [0.4, 0.5) is 22.7 Å². The van der Waals surface area contributed by atoms with Crippen molar-refractivity contribution < 1.29 is 175 Å². The molecule has 0 amide bonds. The van der Waals surface area contributed by atoms with Gasteiger partial charge >= 0.3 is 118 Å². The average Bonchev–Trinajstić information content (AvgIpc) is 3.07. The van der Waals surface area contributed by atoms with Gasteiger partial charge in [-0.1, -0.05) is 25.8 Å². The summed E-state index contributed by atoms with van der Waals surface area (Å²) in [5.74, 6) is -0.889. The Morgan fingerprint density at radius 3 is 1.82 bits per heavy atom. The summed E-state index contributed by atoms with van der Waals surface area (Å²) in [6, 6.07) is 9.15. The molecule has 3 N–H and O–H groups in total. The molecule has 300 valence electrons. The summed E-state index contributed by atoms with van der Waals surface area (Å²) < 4.78 is 141. The molecule has 4 aromatic carbocycles. The Labute approximate surface area is 441 Å². The van der Waals surface area contributed by atoms with Crippen molar-refractivity contribution in [3.8, 4) is 5.75 Å². The Bertz CT molecular complexity index is 3030. The van der Waals surface area contributed by atoms with Gasteiger partial charge in [-0.3, -0.25) is 0 Å². The molecule has 0 saturated heterocycles. The van der Waals surface area contributed by atoms with Crippen LogP contribution in [0.1, 0.15) is 36.1 Å². The summed E-state index contributed by atoms with van der Waals surface area (Å²) in [5.41, 5.74) is 5.98. The number of anilines is 1. The van der Waals surface area contributed by atoms with Gasteiger partial charge in [0.05, 0.1) is 26.1 Å². The number of aryl methyl sites for hydroxylation is 1. The molecular formula is C35H29N5Na4O13S4. The van der Waals surface area contributed by atoms with Gasteiger partial charge in [0, 0.05) is 22.0 Å². The van der Waals surface area contributed by atoms with E-state index in [0.29, 0.717) is 34.4 Å². The zero-order chi connectivity index (χ0) is 43.0. The number of fused-ring (bicyclic) bond motifs is 1. The van der Waals surface area contributed by atoms with Crippen molar-refractivity contribution in [2.24, 2.45) is 20.5 Å². The second kappa shape index (κ2) is 22.9. The Balaban J connectivity index is 0.00000900. The van der Waals surface area contributed by atoms with Crippen molar-refractivity contribution in [1.82, 2.24) is 0 Å². The van der Waals surface area contributed by atoms with E-state index in [1.54, 1.807) is 26.0 Å². The van der Waals surface area contributed by atoms with E-state index in [9.17, 15) is 57.0 Å². The van der Waals surface area contributed by atoms with Crippen molar-refractivity contribution in [3.05, 3.63) is 113 Å². The average molecular weight is 948 g/mol. The van der Waals surface area contributed by atoms with E-state index in [4.69, 9.17) is 5.73 Å². The molecule has 4 aromatic rings. The number of hydrogen-bond acceptors (Lipinski definition) is 18. The maximum Gasteiger partial charge on any atom is 1.00 e. The van der Waals surface area contributed by atoms with Crippen molar-refractivity contribution in [2.45, 2.75) is 35.5 Å². The number of phenolic OH excluding ortho intramolecular Hbond substituents is 1. The molecule has 0 radical (unpaired) electrons. The predicted octanol–water partition coefficient (Wildman–Crippen LogP) is -5.61. The minimum Gasteiger partial charge on any atom is -0.744 e. The topological polar surface area (TPSA) is 324 Å². The van der Waals surface area contributed by atoms with Crippen LogP contribution < -0.4 is 124 Å². The Kier molecular flexibility index (Phi) is 22.3. The maximum atomic E-state index is 12.1. The van der Waals surface area contributed by atoms with Crippen molar-refractivity contribution in [3.63, 3.8) is 0 Å². The van der Waals surface area contributed by atoms with E-state index in [1.165, 1.54) is 19.1 Å². The first-order valence-electron chi connectivity index (χ1n) is 15.5. The minimum absolute atomic E-state index is 0. The first-order chi connectivity index (χ1) is 26.1. The molecule has 4 rings (SSSR count). The number of phenols is 1. The molecule has 0 fully saturated rings. The molecule has 61 heavy (non-hydrogen) atoms. The van der Waals surface area contributed by atoms with Crippen LogP contribution in [0.15, 0.2) is 126 Å². The number of nitrogen functional groups attached to an aromatic ring is 1. The fourth-order valence-corrected chi connectivity index (χ4v) is 7.30. The van der Waals surface area contributed by atoms with Gasteiger partial charge in [-0.25, -0.2) is 33.7 Å². The van der Waals surface area contributed by atoms with Crippen LogP contribution in [0, 0.1) is 6.92 Å². The Morgan fingerprint density at radius 2 is 1.31 bits per heavy atom. The van der Waals surface area contributed by atoms with Gasteiger partial charge in [0.15, 0.2) is 5.75 Å². The van der Waals surface area contributed by atoms with E-state index in [2.05, 4.69) is 40.2 Å². The van der Waals surface area contributed by atoms with Crippen LogP contribution in [-0.2, 0) is 40.5 Å². The number of benzene rings is 4. The normalized spacial score (nSPS) is 12.4. The summed E-state index contributed by atoms with van der Waals surface area (Å²) in [7, 11) is -20.4. The van der Waals surface area contributed by atoms with Crippen LogP contribution >= 0.6 is 0 Å². The molecule has 0 unspecified atom stereocenters. The number of aromatic hydroxyl groups is 1. The number of azo groups is 2. The summed E-state index contributed by atoms with van der Waals surface area (Å²) in [5, 5.41) is 26.7. The number of nitrogens with two attached hydrogens (primary N) is 1. The maximum absolute atomic E-state index is 12.1. The molecule has 0 spiro atoms. The predicted molar refractivity (Wildman–Crippen MR) is 206 cm³/mol. The molecule has 18 nitrogen and oxygen atoms in total. The Morgan fingerprint density at radius 1 is 0.738 bits per heavy atom. The van der Waals surface area contributed by atoms with E-state index >= 15 is 0 Å². The van der Waals surface area contributed by atoms with Crippen molar-refractivity contribution in [1.29, 1.82) is 0 Å². The van der Waals surface area contributed by atoms with Gasteiger partial charge in [0.1, 0.15) is 51.8 Å². The first-order valence-corrected chi connectivity index (χ1v) is 21.2. The van der Waals surface area contributed by atoms with Crippen molar-refractivity contribution >= 4 is 91.2 Å². The fourth-order valence-electron chi connectivity index (χ4n) is 5.17. The molecule has 26 heteroatoms. The van der Waals surface area contributed by atoms with Gasteiger partial charge in [-0.15, -0.1) is 10.2 Å². The van der Waals surface area contributed by atoms with E-state index in [0.717, 1.165) is 24.3 Å². The summed E-state index contributed by atoms with van der Waals surface area (Å²) in [6.45, 7) is 16.0. The summed E-state index contributed by atoms with van der Waals surface area (Å²) in [4.78, 5) is -2.65. The third kappa shape index (κ3) is 15.5. The summed E-state index contributed by atoms with van der Waals surface area (Å²) >= 11 is 0. The number of nitrogens with zero attached hydrogens (tertiary/aromatic N) is 4. The van der Waals surface area contributed by atoms with Gasteiger partial charge in [-0.05, 0) is 114 Å². The molecule has 0 aliphatic heterocycles. The van der Waals surface area contributed by atoms with Crippen LogP contribution in [0.25, 0.3) is 28.0 Å². The van der Waals surface area contributed by atoms with Gasteiger partial charge in [-0.2, -0.15) is 10.2 Å². The molecule has 0 aliphatic rings. The molecule has 0 saturated carbocycles. The van der Waals surface area contributed by atoms with Crippen LogP contribution in [-0.4, -0.2) is 57.0 Å². The van der Waals surface area contributed by atoms with E-state index in [-0.39, 0.29) is 168 Å². The molecule has 0 atom stereocenters. The third-order valence-electron chi connectivity index (χ3n) is 7.93. The first kappa shape index (κ1) is 59.3. The summed E-state index contributed by atoms with van der Waals surface area (Å²) in [6.07, 6.45) is 2.22. The second-order valence-corrected chi connectivity index (χ2v) is 17.6. The minimum atomic E-state index is -5.35. The molecular weight excluding hydrogens is 919 g/mol. The van der Waals surface area contributed by atoms with Crippen molar-refractivity contribution in [2.75, 3.05) is 5.73 Å². The van der Waals surface area contributed by atoms with Crippen LogP contribution in [0.2, 0.25) is 0 Å². The van der Waals surface area contributed by atoms with Gasteiger partial charge in [0.2, 0.25) is 0 Å². The zero-order valence-electron chi connectivity index (χ0n) is 33.8. The fraction of sp³-hybridized carbons (Fsp3) is 0.0857. The largest absolute Gasteiger partial charge is 1.00 e. The van der Waals surface area contributed by atoms with E-state index in [1.807, 2.05) is 0 Å². The van der Waals surface area contributed by atoms with E-state index < -0.39 is 72.3 Å².